The summed E-state index contributed by atoms with van der Waals surface area (Å²) in [5, 5.41) is 7.20. The minimum atomic E-state index is 0.155. The molecule has 2 fully saturated rings. The van der Waals surface area contributed by atoms with E-state index in [0.29, 0.717) is 30.3 Å². The van der Waals surface area contributed by atoms with Gasteiger partial charge in [-0.15, -0.1) is 0 Å². The summed E-state index contributed by atoms with van der Waals surface area (Å²) in [5.41, 5.74) is 0. The molecule has 128 valence electrons. The minimum absolute atomic E-state index is 0.155. The number of hydrogen-bond acceptors (Lipinski definition) is 6. The van der Waals surface area contributed by atoms with Crippen LogP contribution in [0.1, 0.15) is 25.7 Å². The summed E-state index contributed by atoms with van der Waals surface area (Å²) in [4.78, 5) is 10.6. The van der Waals surface area contributed by atoms with Crippen LogP contribution in [-0.2, 0) is 0 Å². The number of halogens is 2. The summed E-state index contributed by atoms with van der Waals surface area (Å²) < 4.78 is 5.95. The highest BCUT2D eigenvalue weighted by Crippen LogP contribution is 2.35. The van der Waals surface area contributed by atoms with Gasteiger partial charge >= 0.3 is 0 Å². The Morgan fingerprint density at radius 1 is 1.35 bits per heavy atom. The first-order valence-corrected chi connectivity index (χ1v) is 8.94. The lowest BCUT2D eigenvalue weighted by Gasteiger charge is -2.21. The Morgan fingerprint density at radius 3 is 2.91 bits per heavy atom. The Hall–Kier alpha value is -0.820. The number of hydrogen-bond donors (Lipinski definition) is 2. The number of nitrogens with one attached hydrogen (secondary N) is 2. The van der Waals surface area contributed by atoms with Crippen LogP contribution in [0.3, 0.4) is 0 Å². The molecule has 2 aliphatic heterocycles. The lowest BCUT2D eigenvalue weighted by Crippen LogP contribution is -2.30. The third-order valence-corrected chi connectivity index (χ3v) is 4.98. The number of likely N-dealkylation sites (N-methyl/N-ethyl adjacent to an activating group) is 1. The van der Waals surface area contributed by atoms with Gasteiger partial charge in [0, 0.05) is 25.2 Å². The first-order chi connectivity index (χ1) is 11.2. The molecule has 0 spiro atoms. The van der Waals surface area contributed by atoms with Crippen LogP contribution in [0.25, 0.3) is 0 Å². The molecule has 1 aromatic rings. The van der Waals surface area contributed by atoms with Crippen LogP contribution in [0.15, 0.2) is 0 Å². The Labute approximate surface area is 146 Å². The molecule has 2 unspecified atom stereocenters. The largest absolute Gasteiger partial charge is 0.487 e. The molecule has 0 amide bonds. The van der Waals surface area contributed by atoms with E-state index < -0.39 is 0 Å². The topological polar surface area (TPSA) is 62.3 Å². The van der Waals surface area contributed by atoms with Crippen molar-refractivity contribution in [2.24, 2.45) is 0 Å². The zero-order valence-corrected chi connectivity index (χ0v) is 14.8. The number of anilines is 1. The number of ether oxygens (including phenoxy) is 1. The summed E-state index contributed by atoms with van der Waals surface area (Å²) in [5.74, 6) is 1.25. The number of aromatic nitrogens is 2. The van der Waals surface area contributed by atoms with Crippen LogP contribution < -0.4 is 20.3 Å². The molecule has 8 heteroatoms. The molecular formula is C15H23Cl2N5O. The zero-order valence-electron chi connectivity index (χ0n) is 13.3. The van der Waals surface area contributed by atoms with Gasteiger partial charge in [-0.3, -0.25) is 0 Å². The van der Waals surface area contributed by atoms with E-state index in [2.05, 4.69) is 25.5 Å². The Balaban J connectivity index is 1.70. The van der Waals surface area contributed by atoms with Crippen molar-refractivity contribution in [3.8, 4) is 5.75 Å². The second-order valence-electron chi connectivity index (χ2n) is 6.09. The highest BCUT2D eigenvalue weighted by molar-refractivity contribution is 6.33. The predicted molar refractivity (Wildman–Crippen MR) is 92.9 cm³/mol. The monoisotopic (exact) mass is 359 g/mol. The van der Waals surface area contributed by atoms with E-state index in [0.717, 1.165) is 32.5 Å². The fourth-order valence-electron chi connectivity index (χ4n) is 3.22. The van der Waals surface area contributed by atoms with Crippen molar-refractivity contribution in [3.05, 3.63) is 10.4 Å². The Kier molecular flexibility index (Phi) is 5.80. The molecule has 6 nitrogen and oxygen atoms in total. The number of nitrogens with zero attached hydrogens (tertiary/aromatic N) is 3. The molecule has 2 N–H and O–H groups in total. The van der Waals surface area contributed by atoms with Crippen molar-refractivity contribution < 1.29 is 4.74 Å². The first-order valence-electron chi connectivity index (χ1n) is 8.19. The molecule has 3 rings (SSSR count). The second-order valence-corrected chi connectivity index (χ2v) is 6.78. The van der Waals surface area contributed by atoms with Crippen LogP contribution in [0.4, 0.5) is 5.82 Å². The van der Waals surface area contributed by atoms with Crippen molar-refractivity contribution in [2.45, 2.75) is 37.8 Å². The van der Waals surface area contributed by atoms with Crippen molar-refractivity contribution in [1.29, 1.82) is 0 Å². The van der Waals surface area contributed by atoms with Gasteiger partial charge in [-0.05, 0) is 50.9 Å². The average molecular weight is 360 g/mol. The molecule has 0 aromatic carbocycles. The molecule has 2 aliphatic rings. The Bertz CT molecular complexity index is 539. The van der Waals surface area contributed by atoms with Gasteiger partial charge in [0.1, 0.15) is 0 Å². The third kappa shape index (κ3) is 4.18. The van der Waals surface area contributed by atoms with Crippen LogP contribution in [0.2, 0.25) is 10.4 Å². The molecule has 1 aromatic heterocycles. The standard InChI is InChI=1S/C15H23Cl2N5O/c1-18-11-4-7-22(9-11)14-12(13(16)20-15(17)21-14)23-8-5-10-3-2-6-19-10/h10-11,18-19H,2-9H2,1H3. The van der Waals surface area contributed by atoms with Gasteiger partial charge in [0.05, 0.1) is 6.61 Å². The van der Waals surface area contributed by atoms with Crippen LogP contribution in [-0.4, -0.2) is 55.3 Å². The number of rotatable bonds is 6. The van der Waals surface area contributed by atoms with Crippen molar-refractivity contribution in [1.82, 2.24) is 20.6 Å². The van der Waals surface area contributed by atoms with Crippen molar-refractivity contribution in [2.75, 3.05) is 38.2 Å². The van der Waals surface area contributed by atoms with E-state index >= 15 is 0 Å². The fraction of sp³-hybridized carbons (Fsp3) is 0.733. The maximum absolute atomic E-state index is 6.26. The predicted octanol–water partition coefficient (Wildman–Crippen LogP) is 2.10. The lowest BCUT2D eigenvalue weighted by atomic mass is 10.2. The maximum Gasteiger partial charge on any atom is 0.226 e. The van der Waals surface area contributed by atoms with Gasteiger partial charge in [-0.1, -0.05) is 11.6 Å². The zero-order chi connectivity index (χ0) is 16.2. The highest BCUT2D eigenvalue weighted by atomic mass is 35.5. The molecular weight excluding hydrogens is 337 g/mol. The van der Waals surface area contributed by atoms with Gasteiger partial charge in [-0.2, -0.15) is 4.98 Å². The summed E-state index contributed by atoms with van der Waals surface area (Å²) in [7, 11) is 1.97. The highest BCUT2D eigenvalue weighted by Gasteiger charge is 2.27. The van der Waals surface area contributed by atoms with E-state index in [9.17, 15) is 0 Å². The summed E-state index contributed by atoms with van der Waals surface area (Å²) in [6.45, 7) is 3.45. The molecule has 3 heterocycles. The average Bonchev–Trinajstić information content (AvgIpc) is 3.20. The quantitative estimate of drug-likeness (QED) is 0.599. The van der Waals surface area contributed by atoms with Crippen LogP contribution in [0.5, 0.6) is 5.75 Å². The summed E-state index contributed by atoms with van der Waals surface area (Å²) in [6, 6.07) is 0.976. The van der Waals surface area contributed by atoms with Crippen molar-refractivity contribution >= 4 is 29.0 Å². The van der Waals surface area contributed by atoms with Gasteiger partial charge in [0.25, 0.3) is 0 Å². The van der Waals surface area contributed by atoms with E-state index in [4.69, 9.17) is 27.9 Å². The van der Waals surface area contributed by atoms with Gasteiger partial charge < -0.3 is 20.3 Å². The normalized spacial score (nSPS) is 24.4. The molecule has 0 aliphatic carbocycles. The maximum atomic E-state index is 6.26. The second kappa shape index (κ2) is 7.83. The molecule has 0 saturated carbocycles. The Morgan fingerprint density at radius 2 is 2.22 bits per heavy atom. The summed E-state index contributed by atoms with van der Waals surface area (Å²) >= 11 is 12.3. The SMILES string of the molecule is CNC1CCN(c2nc(Cl)nc(Cl)c2OCCC2CCCN2)C1. The molecule has 2 saturated heterocycles. The lowest BCUT2D eigenvalue weighted by molar-refractivity contribution is 0.291. The van der Waals surface area contributed by atoms with Gasteiger partial charge in [0.2, 0.25) is 5.28 Å². The van der Waals surface area contributed by atoms with E-state index in [1.54, 1.807) is 0 Å². The molecule has 0 bridgehead atoms. The first kappa shape index (κ1) is 17.0. The third-order valence-electron chi connectivity index (χ3n) is 4.55. The van der Waals surface area contributed by atoms with Gasteiger partial charge in [-0.25, -0.2) is 4.98 Å². The molecule has 0 radical (unpaired) electrons. The smallest absolute Gasteiger partial charge is 0.226 e. The van der Waals surface area contributed by atoms with E-state index in [1.807, 2.05) is 7.05 Å². The molecule has 23 heavy (non-hydrogen) atoms. The molecule has 2 atom stereocenters. The minimum Gasteiger partial charge on any atom is -0.487 e. The summed E-state index contributed by atoms with van der Waals surface area (Å²) in [6.07, 6.45) is 4.45. The van der Waals surface area contributed by atoms with Gasteiger partial charge in [0.15, 0.2) is 16.7 Å². The van der Waals surface area contributed by atoms with Crippen LogP contribution in [0, 0.1) is 0 Å². The van der Waals surface area contributed by atoms with E-state index in [1.165, 1.54) is 12.8 Å². The van der Waals surface area contributed by atoms with Crippen molar-refractivity contribution in [3.63, 3.8) is 0 Å². The van der Waals surface area contributed by atoms with E-state index in [-0.39, 0.29) is 10.4 Å². The van der Waals surface area contributed by atoms with Crippen LogP contribution >= 0.6 is 23.2 Å². The fourth-order valence-corrected chi connectivity index (χ4v) is 3.65.